The molecule has 2 rings (SSSR count). The van der Waals surface area contributed by atoms with Gasteiger partial charge in [-0.1, -0.05) is 43.5 Å². The summed E-state index contributed by atoms with van der Waals surface area (Å²) in [5, 5.41) is 5.90. The van der Waals surface area contributed by atoms with Crippen molar-refractivity contribution in [3.63, 3.8) is 0 Å². The molecule has 0 radical (unpaired) electrons. The normalized spacial score (nSPS) is 21.2. The molecule has 1 aliphatic carbocycles. The first kappa shape index (κ1) is 17.2. The zero-order chi connectivity index (χ0) is 15.9. The monoisotopic (exact) mass is 340 g/mol. The first-order valence-electron chi connectivity index (χ1n) is 7.54. The summed E-state index contributed by atoms with van der Waals surface area (Å²) in [6.07, 6.45) is 4.46. The van der Waals surface area contributed by atoms with Crippen LogP contribution in [0.4, 0.5) is 4.79 Å². The van der Waals surface area contributed by atoms with Crippen LogP contribution in [0.1, 0.15) is 32.6 Å². The second kappa shape index (κ2) is 8.44. The molecule has 22 heavy (non-hydrogen) atoms. The molecule has 0 aliphatic heterocycles. The van der Waals surface area contributed by atoms with Crippen LogP contribution in [-0.2, 0) is 4.79 Å². The van der Waals surface area contributed by atoms with Gasteiger partial charge in [-0.3, -0.25) is 10.1 Å². The summed E-state index contributed by atoms with van der Waals surface area (Å²) in [6, 6.07) is 7.10. The number of halogens is 1. The summed E-state index contributed by atoms with van der Waals surface area (Å²) in [5.74, 6) is 0.315. The highest BCUT2D eigenvalue weighted by Crippen LogP contribution is 2.26. The Bertz CT molecular complexity index is 539. The predicted molar refractivity (Wildman–Crippen MR) is 90.3 cm³/mol. The molecule has 4 nitrogen and oxygen atoms in total. The van der Waals surface area contributed by atoms with E-state index >= 15 is 0 Å². The van der Waals surface area contributed by atoms with E-state index in [4.69, 9.17) is 11.6 Å². The standard InChI is InChI=1S/C16H21ClN2O2S/c1-11-6-2-4-8-13(11)18-16(21)19-15(20)10-22-14-9-5-3-7-12(14)17/h3,5,7,9,11,13H,2,4,6,8,10H2,1H3,(H2,18,19,20,21). The van der Waals surface area contributed by atoms with Crippen molar-refractivity contribution >= 4 is 35.3 Å². The Morgan fingerprint density at radius 3 is 2.73 bits per heavy atom. The topological polar surface area (TPSA) is 58.2 Å². The third kappa shape index (κ3) is 5.21. The molecule has 6 heteroatoms. The van der Waals surface area contributed by atoms with Gasteiger partial charge in [0.15, 0.2) is 0 Å². The lowest BCUT2D eigenvalue weighted by Gasteiger charge is -2.29. The zero-order valence-corrected chi connectivity index (χ0v) is 14.2. The van der Waals surface area contributed by atoms with E-state index in [1.54, 1.807) is 6.07 Å². The van der Waals surface area contributed by atoms with Gasteiger partial charge in [-0.25, -0.2) is 4.79 Å². The Morgan fingerprint density at radius 1 is 1.27 bits per heavy atom. The molecule has 2 atom stereocenters. The summed E-state index contributed by atoms with van der Waals surface area (Å²) >= 11 is 7.35. The summed E-state index contributed by atoms with van der Waals surface area (Å²) in [6.45, 7) is 2.14. The summed E-state index contributed by atoms with van der Waals surface area (Å²) in [4.78, 5) is 24.5. The molecule has 1 aliphatic rings. The van der Waals surface area contributed by atoms with Gasteiger partial charge in [-0.05, 0) is 30.9 Å². The molecule has 0 aromatic heterocycles. The van der Waals surface area contributed by atoms with Crippen molar-refractivity contribution in [2.45, 2.75) is 43.5 Å². The molecule has 0 saturated heterocycles. The number of rotatable bonds is 4. The summed E-state index contributed by atoms with van der Waals surface area (Å²) in [5.41, 5.74) is 0. The third-order valence-corrected chi connectivity index (χ3v) is 5.39. The average molecular weight is 341 g/mol. The number of hydrogen-bond donors (Lipinski definition) is 2. The maximum atomic E-state index is 11.9. The Labute approximate surface area is 140 Å². The van der Waals surface area contributed by atoms with Crippen molar-refractivity contribution in [3.05, 3.63) is 29.3 Å². The van der Waals surface area contributed by atoms with E-state index in [1.165, 1.54) is 18.2 Å². The predicted octanol–water partition coefficient (Wildman–Crippen LogP) is 3.84. The highest BCUT2D eigenvalue weighted by molar-refractivity contribution is 8.00. The molecule has 120 valence electrons. The van der Waals surface area contributed by atoms with Gasteiger partial charge in [0.25, 0.3) is 0 Å². The fraction of sp³-hybridized carbons (Fsp3) is 0.500. The van der Waals surface area contributed by atoms with Crippen molar-refractivity contribution in [1.29, 1.82) is 0 Å². The molecule has 1 aromatic carbocycles. The fourth-order valence-corrected chi connectivity index (χ4v) is 3.64. The number of thioether (sulfide) groups is 1. The third-order valence-electron chi connectivity index (χ3n) is 3.88. The molecule has 3 amide bonds. The lowest BCUT2D eigenvalue weighted by atomic mass is 9.86. The second-order valence-electron chi connectivity index (χ2n) is 5.61. The highest BCUT2D eigenvalue weighted by Gasteiger charge is 2.23. The van der Waals surface area contributed by atoms with Crippen molar-refractivity contribution in [2.75, 3.05) is 5.75 Å². The molecule has 1 fully saturated rings. The number of amides is 3. The lowest BCUT2D eigenvalue weighted by molar-refractivity contribution is -0.117. The number of hydrogen-bond acceptors (Lipinski definition) is 3. The smallest absolute Gasteiger partial charge is 0.321 e. The van der Waals surface area contributed by atoms with E-state index < -0.39 is 6.03 Å². The molecular weight excluding hydrogens is 320 g/mol. The molecule has 2 N–H and O–H groups in total. The minimum absolute atomic E-state index is 0.164. The van der Waals surface area contributed by atoms with E-state index in [1.807, 2.05) is 18.2 Å². The van der Waals surface area contributed by atoms with Crippen molar-refractivity contribution < 1.29 is 9.59 Å². The van der Waals surface area contributed by atoms with E-state index in [0.717, 1.165) is 24.2 Å². The van der Waals surface area contributed by atoms with Gasteiger partial charge < -0.3 is 5.32 Å². The van der Waals surface area contributed by atoms with Crippen LogP contribution in [0.3, 0.4) is 0 Å². The van der Waals surface area contributed by atoms with Crippen molar-refractivity contribution in [3.8, 4) is 0 Å². The summed E-state index contributed by atoms with van der Waals surface area (Å²) in [7, 11) is 0. The fourth-order valence-electron chi connectivity index (χ4n) is 2.60. The number of urea groups is 1. The van der Waals surface area contributed by atoms with E-state index in [-0.39, 0.29) is 17.7 Å². The number of carbonyl (C=O) groups is 2. The molecular formula is C16H21ClN2O2S. The van der Waals surface area contributed by atoms with Crippen LogP contribution in [0.15, 0.2) is 29.2 Å². The average Bonchev–Trinajstić information content (AvgIpc) is 2.49. The largest absolute Gasteiger partial charge is 0.335 e. The highest BCUT2D eigenvalue weighted by atomic mass is 35.5. The van der Waals surface area contributed by atoms with Gasteiger partial charge in [0.2, 0.25) is 5.91 Å². The molecule has 2 unspecified atom stereocenters. The molecule has 1 aromatic rings. The van der Waals surface area contributed by atoms with E-state index in [2.05, 4.69) is 17.6 Å². The lowest BCUT2D eigenvalue weighted by Crippen LogP contribution is -2.48. The molecule has 0 bridgehead atoms. The van der Waals surface area contributed by atoms with Gasteiger partial charge in [-0.2, -0.15) is 0 Å². The van der Waals surface area contributed by atoms with Gasteiger partial charge in [0, 0.05) is 10.9 Å². The van der Waals surface area contributed by atoms with Crippen molar-refractivity contribution in [1.82, 2.24) is 10.6 Å². The minimum Gasteiger partial charge on any atom is -0.335 e. The van der Waals surface area contributed by atoms with Crippen LogP contribution in [0, 0.1) is 5.92 Å². The maximum absolute atomic E-state index is 11.9. The van der Waals surface area contributed by atoms with E-state index in [9.17, 15) is 9.59 Å². The Hall–Kier alpha value is -1.20. The Morgan fingerprint density at radius 2 is 2.00 bits per heavy atom. The minimum atomic E-state index is -0.400. The number of benzene rings is 1. The maximum Gasteiger partial charge on any atom is 0.321 e. The number of nitrogens with one attached hydrogen (secondary N) is 2. The quantitative estimate of drug-likeness (QED) is 0.819. The number of imide groups is 1. The Kier molecular flexibility index (Phi) is 6.58. The summed E-state index contributed by atoms with van der Waals surface area (Å²) < 4.78 is 0. The van der Waals surface area contributed by atoms with Crippen molar-refractivity contribution in [2.24, 2.45) is 5.92 Å². The van der Waals surface area contributed by atoms with Gasteiger partial charge in [-0.15, -0.1) is 11.8 Å². The van der Waals surface area contributed by atoms with Crippen LogP contribution in [0.2, 0.25) is 5.02 Å². The molecule has 1 saturated carbocycles. The van der Waals surface area contributed by atoms with Crippen LogP contribution < -0.4 is 10.6 Å². The van der Waals surface area contributed by atoms with Crippen LogP contribution >= 0.6 is 23.4 Å². The van der Waals surface area contributed by atoms with Crippen LogP contribution in [0.5, 0.6) is 0 Å². The Balaban J connectivity index is 1.74. The first-order valence-corrected chi connectivity index (χ1v) is 8.90. The van der Waals surface area contributed by atoms with Crippen LogP contribution in [0.25, 0.3) is 0 Å². The molecule has 0 spiro atoms. The van der Waals surface area contributed by atoms with Gasteiger partial charge in [0.05, 0.1) is 10.8 Å². The second-order valence-corrected chi connectivity index (χ2v) is 7.03. The number of carbonyl (C=O) groups excluding carboxylic acids is 2. The van der Waals surface area contributed by atoms with Crippen LogP contribution in [-0.4, -0.2) is 23.7 Å². The molecule has 0 heterocycles. The SMILES string of the molecule is CC1CCCCC1NC(=O)NC(=O)CSc1ccccc1Cl. The van der Waals surface area contributed by atoms with E-state index in [0.29, 0.717) is 10.9 Å². The van der Waals surface area contributed by atoms with Gasteiger partial charge >= 0.3 is 6.03 Å². The first-order chi connectivity index (χ1) is 10.6. The van der Waals surface area contributed by atoms with Gasteiger partial charge in [0.1, 0.15) is 0 Å². The zero-order valence-electron chi connectivity index (χ0n) is 12.6.